The SMILES string of the molecule is CCNc1ncc2c(n1)N(C)CCN(c1cccc(-n3cnc(CN(C)CCC4=CCCC=C4)c3)c1)C2=O. The van der Waals surface area contributed by atoms with Crippen molar-refractivity contribution < 1.29 is 4.79 Å². The zero-order valence-electron chi connectivity index (χ0n) is 22.5. The Morgan fingerprint density at radius 3 is 2.82 bits per heavy atom. The molecule has 0 saturated heterocycles. The first-order chi connectivity index (χ1) is 18.5. The van der Waals surface area contributed by atoms with E-state index < -0.39 is 0 Å². The Hall–Kier alpha value is -3.98. The highest BCUT2D eigenvalue weighted by atomic mass is 16.2. The van der Waals surface area contributed by atoms with Crippen molar-refractivity contribution in [1.29, 1.82) is 0 Å². The molecule has 3 heterocycles. The lowest BCUT2D eigenvalue weighted by atomic mass is 10.0. The summed E-state index contributed by atoms with van der Waals surface area (Å²) in [5.41, 5.74) is 4.74. The normalized spacial score (nSPS) is 15.5. The van der Waals surface area contributed by atoms with Gasteiger partial charge in [-0.15, -0.1) is 0 Å². The Balaban J connectivity index is 1.29. The van der Waals surface area contributed by atoms with Gasteiger partial charge in [-0.1, -0.05) is 29.9 Å². The monoisotopic (exact) mass is 512 g/mol. The van der Waals surface area contributed by atoms with Gasteiger partial charge in [-0.25, -0.2) is 9.97 Å². The lowest BCUT2D eigenvalue weighted by Gasteiger charge is -2.21. The van der Waals surface area contributed by atoms with E-state index in [-0.39, 0.29) is 5.91 Å². The fourth-order valence-corrected chi connectivity index (χ4v) is 4.84. The number of likely N-dealkylation sites (N-methyl/N-ethyl adjacent to an activating group) is 1. The van der Waals surface area contributed by atoms with Gasteiger partial charge < -0.3 is 24.6 Å². The molecule has 1 aliphatic carbocycles. The van der Waals surface area contributed by atoms with Crippen LogP contribution in [0.15, 0.2) is 66.8 Å². The van der Waals surface area contributed by atoms with Gasteiger partial charge in [0.05, 0.1) is 12.0 Å². The van der Waals surface area contributed by atoms with Crippen LogP contribution in [0.3, 0.4) is 0 Å². The zero-order valence-corrected chi connectivity index (χ0v) is 22.5. The highest BCUT2D eigenvalue weighted by Crippen LogP contribution is 2.27. The quantitative estimate of drug-likeness (QED) is 0.458. The summed E-state index contributed by atoms with van der Waals surface area (Å²) in [7, 11) is 4.10. The van der Waals surface area contributed by atoms with Crippen molar-refractivity contribution in [3.8, 4) is 5.69 Å². The van der Waals surface area contributed by atoms with E-state index in [9.17, 15) is 4.79 Å². The van der Waals surface area contributed by atoms with E-state index in [1.54, 1.807) is 6.20 Å². The van der Waals surface area contributed by atoms with Crippen molar-refractivity contribution in [1.82, 2.24) is 24.4 Å². The molecule has 2 aliphatic rings. The van der Waals surface area contributed by atoms with E-state index in [2.05, 4.69) is 56.6 Å². The molecule has 0 bridgehead atoms. The van der Waals surface area contributed by atoms with Gasteiger partial charge >= 0.3 is 0 Å². The molecule has 1 aliphatic heterocycles. The summed E-state index contributed by atoms with van der Waals surface area (Å²) in [6.45, 7) is 5.71. The molecular weight excluding hydrogens is 476 g/mol. The predicted molar refractivity (Wildman–Crippen MR) is 152 cm³/mol. The maximum atomic E-state index is 13.6. The summed E-state index contributed by atoms with van der Waals surface area (Å²) in [6, 6.07) is 8.03. The summed E-state index contributed by atoms with van der Waals surface area (Å²) < 4.78 is 2.02. The Morgan fingerprint density at radius 1 is 1.13 bits per heavy atom. The second kappa shape index (κ2) is 11.6. The van der Waals surface area contributed by atoms with Crippen LogP contribution in [0, 0.1) is 0 Å². The second-order valence-corrected chi connectivity index (χ2v) is 9.88. The molecule has 1 aromatic carbocycles. The van der Waals surface area contributed by atoms with Gasteiger partial charge in [0.15, 0.2) is 0 Å². The van der Waals surface area contributed by atoms with Crippen molar-refractivity contribution in [2.45, 2.75) is 32.7 Å². The molecule has 1 amide bonds. The smallest absolute Gasteiger partial charge is 0.263 e. The molecule has 9 heteroatoms. The van der Waals surface area contributed by atoms with Gasteiger partial charge in [0.25, 0.3) is 5.91 Å². The number of hydrogen-bond acceptors (Lipinski definition) is 7. The van der Waals surface area contributed by atoms with Crippen molar-refractivity contribution in [3.05, 3.63) is 78.0 Å². The van der Waals surface area contributed by atoms with Crippen LogP contribution in [0.5, 0.6) is 0 Å². The Labute approximate surface area is 224 Å². The van der Waals surface area contributed by atoms with Crippen molar-refractivity contribution in [2.75, 3.05) is 55.4 Å². The average molecular weight is 513 g/mol. The molecule has 9 nitrogen and oxygen atoms in total. The molecule has 0 saturated carbocycles. The molecular formula is C29H36N8O. The van der Waals surface area contributed by atoms with Crippen LogP contribution in [-0.2, 0) is 6.54 Å². The van der Waals surface area contributed by atoms with E-state index in [0.29, 0.717) is 30.4 Å². The Morgan fingerprint density at radius 2 is 2.00 bits per heavy atom. The number of anilines is 3. The van der Waals surface area contributed by atoms with Crippen LogP contribution in [0.2, 0.25) is 0 Å². The third-order valence-corrected chi connectivity index (χ3v) is 6.96. The van der Waals surface area contributed by atoms with Crippen LogP contribution < -0.4 is 15.1 Å². The molecule has 0 fully saturated rings. The average Bonchev–Trinajstić information content (AvgIpc) is 3.36. The first kappa shape index (κ1) is 25.7. The minimum atomic E-state index is -0.0968. The molecule has 1 N–H and O–H groups in total. The van der Waals surface area contributed by atoms with Gasteiger partial charge in [-0.2, -0.15) is 4.98 Å². The minimum Gasteiger partial charge on any atom is -0.357 e. The zero-order chi connectivity index (χ0) is 26.5. The number of fused-ring (bicyclic) bond motifs is 1. The van der Waals surface area contributed by atoms with E-state index in [0.717, 1.165) is 56.0 Å². The fraction of sp³-hybridized carbons (Fsp3) is 0.379. The number of imidazole rings is 1. The van der Waals surface area contributed by atoms with E-state index in [1.807, 2.05) is 58.9 Å². The van der Waals surface area contributed by atoms with Crippen molar-refractivity contribution in [2.24, 2.45) is 0 Å². The lowest BCUT2D eigenvalue weighted by molar-refractivity contribution is 0.0989. The van der Waals surface area contributed by atoms with Crippen LogP contribution >= 0.6 is 0 Å². The van der Waals surface area contributed by atoms with Crippen molar-refractivity contribution >= 4 is 23.4 Å². The number of nitrogens with zero attached hydrogens (tertiary/aromatic N) is 7. The topological polar surface area (TPSA) is 82.4 Å². The highest BCUT2D eigenvalue weighted by Gasteiger charge is 2.28. The number of aromatic nitrogens is 4. The number of carbonyl (C=O) groups excluding carboxylic acids is 1. The number of carbonyl (C=O) groups is 1. The van der Waals surface area contributed by atoms with E-state index in [1.165, 1.54) is 5.57 Å². The van der Waals surface area contributed by atoms with Gasteiger partial charge in [-0.05, 0) is 51.4 Å². The van der Waals surface area contributed by atoms with Crippen molar-refractivity contribution in [3.63, 3.8) is 0 Å². The van der Waals surface area contributed by atoms with Gasteiger partial charge in [0.2, 0.25) is 5.95 Å². The molecule has 5 rings (SSSR count). The van der Waals surface area contributed by atoms with Gasteiger partial charge in [0.1, 0.15) is 11.4 Å². The van der Waals surface area contributed by atoms with Gasteiger partial charge in [-0.3, -0.25) is 4.79 Å². The molecule has 3 aromatic rings. The minimum absolute atomic E-state index is 0.0968. The number of amides is 1. The first-order valence-corrected chi connectivity index (χ1v) is 13.3. The number of rotatable bonds is 9. The Kier molecular flexibility index (Phi) is 7.83. The maximum Gasteiger partial charge on any atom is 0.263 e. The fourth-order valence-electron chi connectivity index (χ4n) is 4.84. The second-order valence-electron chi connectivity index (χ2n) is 9.88. The summed E-state index contributed by atoms with van der Waals surface area (Å²) >= 11 is 0. The van der Waals surface area contributed by atoms with Crippen LogP contribution in [0.4, 0.5) is 17.5 Å². The van der Waals surface area contributed by atoms with Crippen LogP contribution in [-0.4, -0.2) is 70.6 Å². The largest absolute Gasteiger partial charge is 0.357 e. The van der Waals surface area contributed by atoms with Crippen LogP contribution in [0.25, 0.3) is 5.69 Å². The number of nitrogens with one attached hydrogen (secondary N) is 1. The molecule has 0 radical (unpaired) electrons. The first-order valence-electron chi connectivity index (χ1n) is 13.3. The summed E-state index contributed by atoms with van der Waals surface area (Å²) in [5.74, 6) is 1.09. The molecule has 2 aromatic heterocycles. The van der Waals surface area contributed by atoms with E-state index in [4.69, 9.17) is 0 Å². The molecule has 0 spiro atoms. The lowest BCUT2D eigenvalue weighted by Crippen LogP contribution is -2.33. The summed E-state index contributed by atoms with van der Waals surface area (Å²) in [4.78, 5) is 33.3. The van der Waals surface area contributed by atoms with Crippen LogP contribution in [0.1, 0.15) is 42.2 Å². The predicted octanol–water partition coefficient (Wildman–Crippen LogP) is 4.29. The van der Waals surface area contributed by atoms with Gasteiger partial charge in [0, 0.05) is 63.5 Å². The standard InChI is InChI=1S/C29H36N8O/c1-4-30-29-31-18-26-27(33-29)35(3)15-16-37(28(26)38)25-12-8-11-24(17-25)36-20-23(32-21-36)19-34(2)14-13-22-9-6-5-7-10-22/h6,8-12,17-18,20-21H,4-5,7,13-16,19H2,1-3H3,(H,30,31,33). The maximum absolute atomic E-state index is 13.6. The third kappa shape index (κ3) is 5.78. The summed E-state index contributed by atoms with van der Waals surface area (Å²) in [5, 5.41) is 3.13. The number of allylic oxidation sites excluding steroid dienone is 3. The molecule has 38 heavy (non-hydrogen) atoms. The summed E-state index contributed by atoms with van der Waals surface area (Å²) in [6.07, 6.45) is 15.7. The molecule has 0 unspecified atom stereocenters. The van der Waals surface area contributed by atoms with E-state index >= 15 is 0 Å². The number of benzene rings is 1. The molecule has 198 valence electrons. The number of hydrogen-bond donors (Lipinski definition) is 1. The highest BCUT2D eigenvalue weighted by molar-refractivity contribution is 6.09. The third-order valence-electron chi connectivity index (χ3n) is 6.96. The molecule has 0 atom stereocenters. The Bertz CT molecular complexity index is 1340.